The highest BCUT2D eigenvalue weighted by atomic mass is 35.5. The van der Waals surface area contributed by atoms with E-state index in [0.717, 1.165) is 16.3 Å². The van der Waals surface area contributed by atoms with Gasteiger partial charge in [-0.15, -0.1) is 0 Å². The molecule has 5 aromatic rings. The summed E-state index contributed by atoms with van der Waals surface area (Å²) in [6.45, 7) is 17.4. The van der Waals surface area contributed by atoms with E-state index in [2.05, 4.69) is 84.1 Å². The number of carbonyl (C=O) groups excluding carboxylic acids is 11. The van der Waals surface area contributed by atoms with Crippen molar-refractivity contribution < 1.29 is 63.0 Å². The van der Waals surface area contributed by atoms with Crippen LogP contribution in [0.1, 0.15) is 142 Å². The zero-order chi connectivity index (χ0) is 81.7. The van der Waals surface area contributed by atoms with Gasteiger partial charge >= 0.3 is 0 Å². The van der Waals surface area contributed by atoms with Gasteiger partial charge in [-0.25, -0.2) is 0 Å². The predicted molar refractivity (Wildman–Crippen MR) is 429 cm³/mol. The number of hydrogen-bond donors (Lipinski definition) is 16. The average Bonchev–Trinajstić information content (AvgIpc) is 1.72. The molecule has 1 aromatic heterocycles. The van der Waals surface area contributed by atoms with Crippen LogP contribution in [-0.4, -0.2) is 203 Å². The summed E-state index contributed by atoms with van der Waals surface area (Å²) in [6, 6.07) is 17.5. The van der Waals surface area contributed by atoms with Gasteiger partial charge in [0.05, 0.1) is 6.42 Å². The quantitative estimate of drug-likeness (QED) is 0.0115. The molecule has 32 heteroatoms. The molecule has 0 aliphatic carbocycles. The summed E-state index contributed by atoms with van der Waals surface area (Å²) in [5, 5.41) is 61.3. The van der Waals surface area contributed by atoms with Gasteiger partial charge in [0.1, 0.15) is 66.4 Å². The highest BCUT2D eigenvalue weighted by Gasteiger charge is 2.40. The highest BCUT2D eigenvalue weighted by Crippen LogP contribution is 2.23. The number of likely N-dealkylation sites (tertiary alicyclic amines) is 1. The maximum absolute atomic E-state index is 15.1. The van der Waals surface area contributed by atoms with Gasteiger partial charge in [0.2, 0.25) is 65.0 Å². The molecular formula is C80H113ClN18O13. The first-order valence-electron chi connectivity index (χ1n) is 38.6. The molecule has 112 heavy (non-hydrogen) atoms. The third-order valence-corrected chi connectivity index (χ3v) is 18.6. The minimum Gasteiger partial charge on any atom is -0.508 e. The van der Waals surface area contributed by atoms with Crippen LogP contribution >= 0.6 is 11.6 Å². The number of halogens is 1. The third kappa shape index (κ3) is 31.1. The SMILES string of the molecule is CCNC(=NCCCC[C@H](NC(=O)[C@H](CC(C)C)NC(=O)[C@@H](CCCCN=C(NCC)NCC)NC(=O)[C@@H](Cc1ccc(O)cc1)NC(=O)CC(O)NC(=O)[C@@H](Cc1cccnc1)NC(=O)[C@@H](Cc1ccc(Cl)cc1)NC(=O)[C@@H](Cc1ccc2ccccc2c1)NC(C)=O)C(=O)N1CCC[C@H]1C(=O)N[C@H](C)C(N)=O)NCC. The molecule has 2 heterocycles. The van der Waals surface area contributed by atoms with E-state index in [1.54, 1.807) is 36.4 Å². The zero-order valence-electron chi connectivity index (χ0n) is 65.3. The summed E-state index contributed by atoms with van der Waals surface area (Å²) in [5.41, 5.74) is 7.67. The second kappa shape index (κ2) is 47.3. The monoisotopic (exact) mass is 1570 g/mol. The molecule has 6 rings (SSSR count). The molecule has 10 atom stereocenters. The predicted octanol–water partition coefficient (Wildman–Crippen LogP) is 2.62. The Labute approximate surface area is 660 Å². The Morgan fingerprint density at radius 2 is 1.01 bits per heavy atom. The number of benzene rings is 4. The number of aromatic nitrogens is 1. The Bertz CT molecular complexity index is 3970. The van der Waals surface area contributed by atoms with Crippen molar-refractivity contribution in [2.24, 2.45) is 21.6 Å². The summed E-state index contributed by atoms with van der Waals surface area (Å²) in [6.07, 6.45) is 2.16. The van der Waals surface area contributed by atoms with Crippen molar-refractivity contribution in [3.8, 4) is 5.75 Å². The molecule has 4 aromatic carbocycles. The molecule has 1 fully saturated rings. The summed E-state index contributed by atoms with van der Waals surface area (Å²) in [7, 11) is 0. The highest BCUT2D eigenvalue weighted by molar-refractivity contribution is 6.30. The van der Waals surface area contributed by atoms with Crippen molar-refractivity contribution in [3.63, 3.8) is 0 Å². The van der Waals surface area contributed by atoms with Crippen LogP contribution in [0.15, 0.2) is 126 Å². The lowest BCUT2D eigenvalue weighted by molar-refractivity contribution is -0.142. The number of guanidine groups is 2. The first kappa shape index (κ1) is 89.9. The van der Waals surface area contributed by atoms with Crippen LogP contribution < -0.4 is 74.9 Å². The number of aliphatic hydroxyl groups is 1. The minimum absolute atomic E-state index is 0.0141. The lowest BCUT2D eigenvalue weighted by atomic mass is 9.99. The number of fused-ring (bicyclic) bond motifs is 1. The number of rotatable bonds is 44. The lowest BCUT2D eigenvalue weighted by Gasteiger charge is -2.31. The van der Waals surface area contributed by atoms with E-state index in [4.69, 9.17) is 17.3 Å². The van der Waals surface area contributed by atoms with Gasteiger partial charge in [0.25, 0.3) is 0 Å². The zero-order valence-corrected chi connectivity index (χ0v) is 66.1. The second-order valence-electron chi connectivity index (χ2n) is 28.1. The molecule has 11 amide bonds. The lowest BCUT2D eigenvalue weighted by Crippen LogP contribution is -2.60. The Morgan fingerprint density at radius 3 is 1.55 bits per heavy atom. The fourth-order valence-electron chi connectivity index (χ4n) is 12.7. The Hall–Kier alpha value is -10.9. The number of hydrogen-bond acceptors (Lipinski definition) is 16. The first-order chi connectivity index (χ1) is 53.7. The Morgan fingerprint density at radius 1 is 0.536 bits per heavy atom. The van der Waals surface area contributed by atoms with E-state index >= 15 is 9.59 Å². The van der Waals surface area contributed by atoms with Crippen molar-refractivity contribution in [1.82, 2.24) is 79.0 Å². The molecule has 1 aliphatic rings. The molecule has 0 radical (unpaired) electrons. The summed E-state index contributed by atoms with van der Waals surface area (Å²) in [5.74, 6) is -7.42. The van der Waals surface area contributed by atoms with Crippen LogP contribution in [0.3, 0.4) is 0 Å². The van der Waals surface area contributed by atoms with Crippen molar-refractivity contribution >= 4 is 99.3 Å². The number of phenolic OH excluding ortho intramolecular Hbond substituents is 1. The molecular weight excluding hydrogens is 1460 g/mol. The smallest absolute Gasteiger partial charge is 0.245 e. The van der Waals surface area contributed by atoms with Crippen molar-refractivity contribution in [1.29, 1.82) is 0 Å². The molecule has 1 unspecified atom stereocenters. The molecule has 17 N–H and O–H groups in total. The molecule has 1 saturated heterocycles. The summed E-state index contributed by atoms with van der Waals surface area (Å²) >= 11 is 6.25. The molecule has 1 aliphatic heterocycles. The van der Waals surface area contributed by atoms with E-state index in [9.17, 15) is 53.4 Å². The van der Waals surface area contributed by atoms with Gasteiger partial charge < -0.3 is 90.0 Å². The minimum atomic E-state index is -1.97. The van der Waals surface area contributed by atoms with Gasteiger partial charge in [-0.1, -0.05) is 98.2 Å². The number of amides is 11. The molecule has 0 saturated carbocycles. The largest absolute Gasteiger partial charge is 0.508 e. The third-order valence-electron chi connectivity index (χ3n) is 18.4. The number of pyridine rings is 1. The average molecular weight is 1570 g/mol. The van der Waals surface area contributed by atoms with Gasteiger partial charge in [0, 0.05) is 95.8 Å². The van der Waals surface area contributed by atoms with Gasteiger partial charge in [-0.2, -0.15) is 0 Å². The van der Waals surface area contributed by atoms with Crippen LogP contribution in [-0.2, 0) is 78.4 Å². The van der Waals surface area contributed by atoms with Gasteiger partial charge in [-0.3, -0.25) is 67.7 Å². The number of nitrogens with one attached hydrogen (secondary N) is 13. The van der Waals surface area contributed by atoms with Gasteiger partial charge in [0.15, 0.2) is 11.9 Å². The standard InChI is InChI=1S/C80H113ClN18O13/c1-9-84-79(85-10-2)88-38-17-15-24-60(71(105)95-62(41-49(5)6)72(106)94-61(25-16-18-39-89-80(86-11-3)87-12-4)78(112)99-40-20-26-67(99)77(111)90-50(7)70(82)104)93-74(108)64(43-53-30-35-59(101)36-31-53)92-68(102)47-69(103)98-76(110)66(46-55-21-19-37-83-48-55)97-75(109)65(44-52-28-33-58(81)34-29-52)96-73(107)63(91-51(8)100)45-54-27-32-56-22-13-14-23-57(56)42-54/h13-14,19,21-23,27-37,42,48-50,60-67,69,101,103H,9-12,15-18,20,24-26,38-41,43-47H2,1-8H3,(H2,82,104)(H,90,111)(H,91,100)(H,92,102)(H,93,108)(H,94,106)(H,95,105)(H,96,107)(H,97,109)(H,98,110)(H2,84,85,88)(H2,86,87,89)/t50-,60-,61+,62+,63-,64-,65-,66-,67+,69?/m1/s1. The van der Waals surface area contributed by atoms with E-state index in [0.29, 0.717) is 105 Å². The van der Waals surface area contributed by atoms with Crippen LogP contribution in [0, 0.1) is 5.92 Å². The number of nitrogens with zero attached hydrogens (tertiary/aromatic N) is 4. The number of phenols is 1. The van der Waals surface area contributed by atoms with Crippen LogP contribution in [0.2, 0.25) is 5.02 Å². The van der Waals surface area contributed by atoms with Crippen molar-refractivity contribution in [2.75, 3.05) is 45.8 Å². The number of unbranched alkanes of at least 4 members (excludes halogenated alkanes) is 2. The van der Waals surface area contributed by atoms with Crippen LogP contribution in [0.25, 0.3) is 10.8 Å². The van der Waals surface area contributed by atoms with Crippen molar-refractivity contribution in [3.05, 3.63) is 143 Å². The van der Waals surface area contributed by atoms with Crippen LogP contribution in [0.5, 0.6) is 5.75 Å². The normalized spacial score (nSPS) is 14.8. The van der Waals surface area contributed by atoms with E-state index in [1.165, 1.54) is 55.4 Å². The Balaban J connectivity index is 1.25. The van der Waals surface area contributed by atoms with Crippen LogP contribution in [0.4, 0.5) is 0 Å². The molecule has 608 valence electrons. The number of aliphatic imine (C=N–C) groups is 2. The first-order valence-corrected chi connectivity index (χ1v) is 39.0. The molecule has 31 nitrogen and oxygen atoms in total. The summed E-state index contributed by atoms with van der Waals surface area (Å²) < 4.78 is 0. The van der Waals surface area contributed by atoms with E-state index in [-0.39, 0.29) is 69.6 Å². The topological polar surface area (TPSA) is 451 Å². The van der Waals surface area contributed by atoms with E-state index in [1.807, 2.05) is 84.0 Å². The molecule has 0 bridgehead atoms. The van der Waals surface area contributed by atoms with Crippen molar-refractivity contribution in [2.45, 2.75) is 206 Å². The fourth-order valence-corrected chi connectivity index (χ4v) is 12.8. The maximum Gasteiger partial charge on any atom is 0.245 e. The second-order valence-corrected chi connectivity index (χ2v) is 28.5. The maximum atomic E-state index is 15.1. The fraction of sp³-hybridized carbons (Fsp3) is 0.500. The summed E-state index contributed by atoms with van der Waals surface area (Å²) in [4.78, 5) is 171. The number of aliphatic hydroxyl groups excluding tert-OH is 1. The van der Waals surface area contributed by atoms with Gasteiger partial charge in [-0.05, 0) is 162 Å². The molecule has 0 spiro atoms. The Kier molecular flexibility index (Phi) is 38.0. The number of nitrogens with two attached hydrogens (primary N) is 1. The number of aromatic hydroxyl groups is 1. The number of carbonyl (C=O) groups is 11. The number of primary amides is 1. The van der Waals surface area contributed by atoms with E-state index < -0.39 is 132 Å².